The molecule has 0 aliphatic heterocycles. The second-order valence-corrected chi connectivity index (χ2v) is 6.69. The topological polar surface area (TPSA) is 96.5 Å². The molecule has 0 aliphatic carbocycles. The summed E-state index contributed by atoms with van der Waals surface area (Å²) in [6, 6.07) is 5.96. The molecule has 0 aliphatic rings. The number of methoxy groups -OCH3 is 1. The van der Waals surface area contributed by atoms with E-state index in [0.717, 1.165) is 13.0 Å². The van der Waals surface area contributed by atoms with Crippen molar-refractivity contribution in [3.8, 4) is 0 Å². The lowest BCUT2D eigenvalue weighted by molar-refractivity contribution is 0.0953. The lowest BCUT2D eigenvalue weighted by Crippen LogP contribution is -2.32. The maximum absolute atomic E-state index is 12.1. The van der Waals surface area contributed by atoms with E-state index in [4.69, 9.17) is 4.74 Å². The van der Waals surface area contributed by atoms with Gasteiger partial charge in [-0.05, 0) is 31.2 Å². The Balaban J connectivity index is 0.00000529. The van der Waals surface area contributed by atoms with Crippen LogP contribution in [0.5, 0.6) is 0 Å². The number of carbonyl (C=O) groups excluding carboxylic acids is 1. The van der Waals surface area contributed by atoms with Gasteiger partial charge in [-0.25, -0.2) is 13.1 Å². The molecule has 9 heteroatoms. The van der Waals surface area contributed by atoms with Gasteiger partial charge >= 0.3 is 0 Å². The summed E-state index contributed by atoms with van der Waals surface area (Å²) in [5.41, 5.74) is 0.315. The van der Waals surface area contributed by atoms with E-state index in [1.165, 1.54) is 19.2 Å². The van der Waals surface area contributed by atoms with Crippen molar-refractivity contribution >= 4 is 28.3 Å². The summed E-state index contributed by atoms with van der Waals surface area (Å²) in [6.07, 6.45) is 1.03. The highest BCUT2D eigenvalue weighted by molar-refractivity contribution is 7.89. The largest absolute Gasteiger partial charge is 0.383 e. The molecule has 7 nitrogen and oxygen atoms in total. The SMILES string of the molecule is CCCNCCNC(=O)c1cccc(S(=O)(=O)NCCOC)c1.Cl. The van der Waals surface area contributed by atoms with Crippen molar-refractivity contribution in [1.82, 2.24) is 15.4 Å². The molecule has 0 bridgehead atoms. The molecule has 1 rings (SSSR count). The summed E-state index contributed by atoms with van der Waals surface area (Å²) in [5, 5.41) is 5.93. The number of sulfonamides is 1. The van der Waals surface area contributed by atoms with Crippen LogP contribution in [0.1, 0.15) is 23.7 Å². The van der Waals surface area contributed by atoms with Crippen molar-refractivity contribution < 1.29 is 17.9 Å². The number of nitrogens with one attached hydrogen (secondary N) is 3. The minimum atomic E-state index is -3.64. The fraction of sp³-hybridized carbons (Fsp3) is 0.533. The quantitative estimate of drug-likeness (QED) is 0.493. The van der Waals surface area contributed by atoms with E-state index in [-0.39, 0.29) is 36.4 Å². The number of hydrogen-bond acceptors (Lipinski definition) is 5. The van der Waals surface area contributed by atoms with Gasteiger partial charge in [0.1, 0.15) is 0 Å². The Morgan fingerprint density at radius 1 is 1.17 bits per heavy atom. The summed E-state index contributed by atoms with van der Waals surface area (Å²) < 4.78 is 31.4. The molecule has 0 aromatic heterocycles. The van der Waals surface area contributed by atoms with Crippen LogP contribution in [0.25, 0.3) is 0 Å². The van der Waals surface area contributed by atoms with E-state index in [1.54, 1.807) is 12.1 Å². The minimum absolute atomic E-state index is 0. The van der Waals surface area contributed by atoms with E-state index in [1.807, 2.05) is 0 Å². The molecule has 0 fully saturated rings. The molecule has 1 aromatic carbocycles. The first-order valence-electron chi connectivity index (χ1n) is 7.59. The number of amides is 1. The van der Waals surface area contributed by atoms with Crippen LogP contribution >= 0.6 is 12.4 Å². The Kier molecular flexibility index (Phi) is 11.6. The van der Waals surface area contributed by atoms with Gasteiger partial charge in [-0.1, -0.05) is 13.0 Å². The summed E-state index contributed by atoms with van der Waals surface area (Å²) in [5.74, 6) is -0.294. The third-order valence-corrected chi connectivity index (χ3v) is 4.48. The fourth-order valence-corrected chi connectivity index (χ4v) is 2.89. The molecule has 0 unspecified atom stereocenters. The molecule has 0 saturated heterocycles. The maximum Gasteiger partial charge on any atom is 0.251 e. The van der Waals surface area contributed by atoms with Crippen LogP contribution in [0.4, 0.5) is 0 Å². The van der Waals surface area contributed by atoms with Gasteiger partial charge in [0.2, 0.25) is 10.0 Å². The lowest BCUT2D eigenvalue weighted by Gasteiger charge is -2.09. The first-order chi connectivity index (χ1) is 11.0. The normalized spacial score (nSPS) is 10.9. The van der Waals surface area contributed by atoms with Crippen molar-refractivity contribution in [2.75, 3.05) is 39.9 Å². The smallest absolute Gasteiger partial charge is 0.251 e. The number of ether oxygens (including phenoxy) is 1. The maximum atomic E-state index is 12.1. The van der Waals surface area contributed by atoms with Crippen LogP contribution in [0.15, 0.2) is 29.2 Å². The molecule has 1 amide bonds. The van der Waals surface area contributed by atoms with E-state index in [0.29, 0.717) is 18.7 Å². The Hall–Kier alpha value is -1.19. The second-order valence-electron chi connectivity index (χ2n) is 4.92. The number of benzene rings is 1. The van der Waals surface area contributed by atoms with Gasteiger partial charge in [0, 0.05) is 32.3 Å². The molecule has 0 saturated carbocycles. The molecular formula is C15H26ClN3O4S. The summed E-state index contributed by atoms with van der Waals surface area (Å²) in [7, 11) is -2.15. The molecular weight excluding hydrogens is 354 g/mol. The Bertz CT molecular complexity index is 596. The second kappa shape index (κ2) is 12.2. The van der Waals surface area contributed by atoms with Crippen LogP contribution < -0.4 is 15.4 Å². The summed E-state index contributed by atoms with van der Waals surface area (Å²) in [4.78, 5) is 12.1. The number of halogens is 1. The zero-order chi connectivity index (χ0) is 17.1. The zero-order valence-corrected chi connectivity index (χ0v) is 15.6. The molecule has 3 N–H and O–H groups in total. The van der Waals surface area contributed by atoms with Crippen molar-refractivity contribution in [3.63, 3.8) is 0 Å². The van der Waals surface area contributed by atoms with Crippen LogP contribution in [0.2, 0.25) is 0 Å². The van der Waals surface area contributed by atoms with E-state index in [9.17, 15) is 13.2 Å². The first kappa shape index (κ1) is 22.8. The van der Waals surface area contributed by atoms with Crippen LogP contribution in [0, 0.1) is 0 Å². The predicted octanol–water partition coefficient (Wildman–Crippen LogP) is 0.762. The Morgan fingerprint density at radius 3 is 2.58 bits per heavy atom. The van der Waals surface area contributed by atoms with Gasteiger partial charge in [-0.3, -0.25) is 4.79 Å². The average Bonchev–Trinajstić information content (AvgIpc) is 2.55. The summed E-state index contributed by atoms with van der Waals surface area (Å²) >= 11 is 0. The molecule has 0 spiro atoms. The predicted molar refractivity (Wildman–Crippen MR) is 96.2 cm³/mol. The Morgan fingerprint density at radius 2 is 1.92 bits per heavy atom. The first-order valence-corrected chi connectivity index (χ1v) is 9.07. The van der Waals surface area contributed by atoms with Gasteiger partial charge in [0.25, 0.3) is 5.91 Å². The number of rotatable bonds is 11. The highest BCUT2D eigenvalue weighted by atomic mass is 35.5. The monoisotopic (exact) mass is 379 g/mol. The molecule has 0 radical (unpaired) electrons. The van der Waals surface area contributed by atoms with Gasteiger partial charge in [-0.15, -0.1) is 12.4 Å². The Labute approximate surface area is 150 Å². The van der Waals surface area contributed by atoms with Gasteiger partial charge in [0.05, 0.1) is 11.5 Å². The highest BCUT2D eigenvalue weighted by Gasteiger charge is 2.15. The lowest BCUT2D eigenvalue weighted by atomic mass is 10.2. The van der Waals surface area contributed by atoms with Crippen LogP contribution in [-0.2, 0) is 14.8 Å². The minimum Gasteiger partial charge on any atom is -0.383 e. The highest BCUT2D eigenvalue weighted by Crippen LogP contribution is 2.11. The van der Waals surface area contributed by atoms with Gasteiger partial charge in [-0.2, -0.15) is 0 Å². The molecule has 0 heterocycles. The van der Waals surface area contributed by atoms with Crippen LogP contribution in [-0.4, -0.2) is 54.2 Å². The molecule has 24 heavy (non-hydrogen) atoms. The number of carbonyl (C=O) groups is 1. The summed E-state index contributed by atoms with van der Waals surface area (Å²) in [6.45, 7) is 4.59. The van der Waals surface area contributed by atoms with E-state index in [2.05, 4.69) is 22.3 Å². The van der Waals surface area contributed by atoms with Gasteiger partial charge in [0.15, 0.2) is 0 Å². The van der Waals surface area contributed by atoms with Crippen molar-refractivity contribution in [1.29, 1.82) is 0 Å². The van der Waals surface area contributed by atoms with Gasteiger partial charge < -0.3 is 15.4 Å². The molecule has 1 aromatic rings. The third kappa shape index (κ3) is 8.07. The molecule has 0 atom stereocenters. The standard InChI is InChI=1S/C15H25N3O4S.ClH/c1-3-7-16-8-9-17-15(19)13-5-4-6-14(12-13)23(20,21)18-10-11-22-2;/h4-6,12,16,18H,3,7-11H2,1-2H3,(H,17,19);1H. The van der Waals surface area contributed by atoms with Crippen molar-refractivity contribution in [2.24, 2.45) is 0 Å². The average molecular weight is 380 g/mol. The molecule has 138 valence electrons. The third-order valence-electron chi connectivity index (χ3n) is 3.02. The zero-order valence-electron chi connectivity index (χ0n) is 14.0. The van der Waals surface area contributed by atoms with Crippen molar-refractivity contribution in [2.45, 2.75) is 18.2 Å². The van der Waals surface area contributed by atoms with E-state index < -0.39 is 10.0 Å². The number of hydrogen-bond donors (Lipinski definition) is 3. The fourth-order valence-electron chi connectivity index (χ4n) is 1.83. The van der Waals surface area contributed by atoms with Crippen LogP contribution in [0.3, 0.4) is 0 Å². The van der Waals surface area contributed by atoms with Crippen molar-refractivity contribution in [3.05, 3.63) is 29.8 Å². The van der Waals surface area contributed by atoms with E-state index >= 15 is 0 Å².